The molecule has 110 valence electrons. The molecule has 1 N–H and O–H groups in total. The van der Waals surface area contributed by atoms with Gasteiger partial charge >= 0.3 is 0 Å². The number of nitrogens with one attached hydrogen (secondary N) is 1. The lowest BCUT2D eigenvalue weighted by molar-refractivity contribution is 0.254. The molecule has 2 nitrogen and oxygen atoms in total. The van der Waals surface area contributed by atoms with E-state index in [1.807, 2.05) is 0 Å². The summed E-state index contributed by atoms with van der Waals surface area (Å²) in [7, 11) is 3.91. The summed E-state index contributed by atoms with van der Waals surface area (Å²) in [5, 5.41) is 3.59. The Labute approximate surface area is 122 Å². The van der Waals surface area contributed by atoms with Gasteiger partial charge in [0.25, 0.3) is 0 Å². The SMILES string of the molecule is CNC(c1ccc(C)c(C)c1OC)C1CC2CCC1C2. The van der Waals surface area contributed by atoms with Crippen LogP contribution < -0.4 is 10.1 Å². The van der Waals surface area contributed by atoms with Crippen LogP contribution in [0.5, 0.6) is 5.75 Å². The van der Waals surface area contributed by atoms with Crippen LogP contribution in [-0.2, 0) is 0 Å². The van der Waals surface area contributed by atoms with E-state index in [0.29, 0.717) is 6.04 Å². The zero-order valence-corrected chi connectivity index (χ0v) is 13.2. The van der Waals surface area contributed by atoms with Crippen LogP contribution in [0.15, 0.2) is 12.1 Å². The zero-order chi connectivity index (χ0) is 14.3. The molecule has 0 spiro atoms. The van der Waals surface area contributed by atoms with Crippen molar-refractivity contribution in [2.24, 2.45) is 17.8 Å². The van der Waals surface area contributed by atoms with Gasteiger partial charge in [-0.15, -0.1) is 0 Å². The Balaban J connectivity index is 1.95. The van der Waals surface area contributed by atoms with Crippen molar-refractivity contribution in [3.05, 3.63) is 28.8 Å². The van der Waals surface area contributed by atoms with Gasteiger partial charge in [-0.2, -0.15) is 0 Å². The van der Waals surface area contributed by atoms with Crippen molar-refractivity contribution >= 4 is 0 Å². The van der Waals surface area contributed by atoms with Crippen molar-refractivity contribution in [1.82, 2.24) is 5.32 Å². The van der Waals surface area contributed by atoms with Gasteiger partial charge in [0.15, 0.2) is 0 Å². The van der Waals surface area contributed by atoms with Gasteiger partial charge < -0.3 is 10.1 Å². The lowest BCUT2D eigenvalue weighted by Gasteiger charge is -2.32. The van der Waals surface area contributed by atoms with E-state index in [1.54, 1.807) is 7.11 Å². The Kier molecular flexibility index (Phi) is 3.76. The minimum Gasteiger partial charge on any atom is -0.496 e. The van der Waals surface area contributed by atoms with Crippen LogP contribution in [0.4, 0.5) is 0 Å². The van der Waals surface area contributed by atoms with Crippen LogP contribution in [0.1, 0.15) is 48.4 Å². The second kappa shape index (κ2) is 5.40. The summed E-state index contributed by atoms with van der Waals surface area (Å²) in [5.41, 5.74) is 3.96. The summed E-state index contributed by atoms with van der Waals surface area (Å²) in [6.45, 7) is 4.33. The predicted octanol–water partition coefficient (Wildman–Crippen LogP) is 4.01. The molecule has 20 heavy (non-hydrogen) atoms. The van der Waals surface area contributed by atoms with Crippen molar-refractivity contribution < 1.29 is 4.74 Å². The minimum absolute atomic E-state index is 0.444. The Morgan fingerprint density at radius 3 is 2.55 bits per heavy atom. The van der Waals surface area contributed by atoms with Gasteiger partial charge in [-0.25, -0.2) is 0 Å². The van der Waals surface area contributed by atoms with Crippen LogP contribution >= 0.6 is 0 Å². The smallest absolute Gasteiger partial charge is 0.126 e. The number of ether oxygens (including phenoxy) is 1. The van der Waals surface area contributed by atoms with Gasteiger partial charge in [-0.1, -0.05) is 18.6 Å². The maximum atomic E-state index is 5.74. The second-order valence-corrected chi connectivity index (χ2v) is 6.73. The van der Waals surface area contributed by atoms with Crippen molar-refractivity contribution in [1.29, 1.82) is 0 Å². The summed E-state index contributed by atoms with van der Waals surface area (Å²) in [6.07, 6.45) is 5.74. The molecule has 2 fully saturated rings. The molecule has 2 heteroatoms. The van der Waals surface area contributed by atoms with Gasteiger partial charge in [0.2, 0.25) is 0 Å². The number of hydrogen-bond acceptors (Lipinski definition) is 2. The van der Waals surface area contributed by atoms with Crippen LogP contribution in [-0.4, -0.2) is 14.2 Å². The minimum atomic E-state index is 0.444. The van der Waals surface area contributed by atoms with Gasteiger partial charge in [0.1, 0.15) is 5.75 Å². The standard InChI is InChI=1S/C18H27NO/c1-11-5-8-15(18(20-4)12(11)2)17(19-3)16-10-13-6-7-14(16)9-13/h5,8,13-14,16-17,19H,6-7,9-10H2,1-4H3. The maximum absolute atomic E-state index is 5.74. The maximum Gasteiger partial charge on any atom is 0.126 e. The molecular formula is C18H27NO. The second-order valence-electron chi connectivity index (χ2n) is 6.73. The van der Waals surface area contributed by atoms with E-state index >= 15 is 0 Å². The van der Waals surface area contributed by atoms with E-state index < -0.39 is 0 Å². The molecule has 0 aliphatic heterocycles. The highest BCUT2D eigenvalue weighted by Gasteiger charge is 2.43. The average Bonchev–Trinajstić information content (AvgIpc) is 3.06. The monoisotopic (exact) mass is 273 g/mol. The van der Waals surface area contributed by atoms with Crippen LogP contribution in [0.2, 0.25) is 0 Å². The third kappa shape index (κ3) is 2.14. The van der Waals surface area contributed by atoms with E-state index in [4.69, 9.17) is 4.74 Å². The molecule has 2 aliphatic rings. The van der Waals surface area contributed by atoms with Crippen molar-refractivity contribution in [3.63, 3.8) is 0 Å². The molecule has 2 aliphatic carbocycles. The summed E-state index contributed by atoms with van der Waals surface area (Å²) in [6, 6.07) is 4.96. The molecule has 1 aromatic carbocycles. The van der Waals surface area contributed by atoms with Crippen molar-refractivity contribution in [3.8, 4) is 5.75 Å². The lowest BCUT2D eigenvalue weighted by atomic mass is 9.79. The van der Waals surface area contributed by atoms with Crippen LogP contribution in [0, 0.1) is 31.6 Å². The quantitative estimate of drug-likeness (QED) is 0.895. The molecule has 4 unspecified atom stereocenters. The van der Waals surface area contributed by atoms with Gasteiger partial charge in [0.05, 0.1) is 7.11 Å². The molecule has 2 bridgehead atoms. The molecule has 0 amide bonds. The van der Waals surface area contributed by atoms with E-state index in [1.165, 1.54) is 42.4 Å². The molecule has 4 atom stereocenters. The largest absolute Gasteiger partial charge is 0.496 e. The molecule has 0 radical (unpaired) electrons. The zero-order valence-electron chi connectivity index (χ0n) is 13.2. The van der Waals surface area contributed by atoms with E-state index in [0.717, 1.165) is 23.5 Å². The topological polar surface area (TPSA) is 21.3 Å². The number of fused-ring (bicyclic) bond motifs is 2. The summed E-state index contributed by atoms with van der Waals surface area (Å²) < 4.78 is 5.74. The van der Waals surface area contributed by atoms with Gasteiger partial charge in [-0.05, 0) is 69.0 Å². The first kappa shape index (κ1) is 13.9. The van der Waals surface area contributed by atoms with Crippen molar-refractivity contribution in [2.45, 2.75) is 45.6 Å². The van der Waals surface area contributed by atoms with Gasteiger partial charge in [0, 0.05) is 11.6 Å². The van der Waals surface area contributed by atoms with Crippen molar-refractivity contribution in [2.75, 3.05) is 14.2 Å². The Bertz CT molecular complexity index is 496. The fourth-order valence-electron chi connectivity index (χ4n) is 4.63. The molecule has 0 heterocycles. The molecule has 2 saturated carbocycles. The average molecular weight is 273 g/mol. The van der Waals surface area contributed by atoms with E-state index in [2.05, 4.69) is 38.3 Å². The molecule has 1 aromatic rings. The van der Waals surface area contributed by atoms with Crippen LogP contribution in [0.25, 0.3) is 0 Å². The Hall–Kier alpha value is -1.02. The summed E-state index contributed by atoms with van der Waals surface area (Å²) in [4.78, 5) is 0. The van der Waals surface area contributed by atoms with E-state index in [9.17, 15) is 0 Å². The third-order valence-corrected chi connectivity index (χ3v) is 5.78. The molecule has 0 aromatic heterocycles. The summed E-state index contributed by atoms with van der Waals surface area (Å²) >= 11 is 0. The highest BCUT2D eigenvalue weighted by atomic mass is 16.5. The predicted molar refractivity (Wildman–Crippen MR) is 83.2 cm³/mol. The molecule has 3 rings (SSSR count). The first-order valence-electron chi connectivity index (χ1n) is 7.97. The molecule has 0 saturated heterocycles. The third-order valence-electron chi connectivity index (χ3n) is 5.78. The molecular weight excluding hydrogens is 246 g/mol. The normalized spacial score (nSPS) is 29.7. The first-order chi connectivity index (χ1) is 9.65. The highest BCUT2D eigenvalue weighted by Crippen LogP contribution is 2.53. The first-order valence-corrected chi connectivity index (χ1v) is 7.97. The Morgan fingerprint density at radius 2 is 2.00 bits per heavy atom. The number of aryl methyl sites for hydroxylation is 1. The fourth-order valence-corrected chi connectivity index (χ4v) is 4.63. The van der Waals surface area contributed by atoms with E-state index in [-0.39, 0.29) is 0 Å². The fraction of sp³-hybridized carbons (Fsp3) is 0.667. The number of rotatable bonds is 4. The number of hydrogen-bond donors (Lipinski definition) is 1. The Morgan fingerprint density at radius 1 is 1.20 bits per heavy atom. The lowest BCUT2D eigenvalue weighted by Crippen LogP contribution is -2.29. The van der Waals surface area contributed by atoms with Crippen LogP contribution in [0.3, 0.4) is 0 Å². The van der Waals surface area contributed by atoms with Gasteiger partial charge in [-0.3, -0.25) is 0 Å². The highest BCUT2D eigenvalue weighted by molar-refractivity contribution is 5.47. The number of benzene rings is 1. The summed E-state index contributed by atoms with van der Waals surface area (Å²) in [5.74, 6) is 3.78. The number of methoxy groups -OCH3 is 1.